The van der Waals surface area contributed by atoms with E-state index in [0.29, 0.717) is 11.6 Å². The quantitative estimate of drug-likeness (QED) is 0.840. The van der Waals surface area contributed by atoms with E-state index < -0.39 is 5.97 Å². The number of rotatable bonds is 6. The minimum atomic E-state index is -0.862. The molecular weight excluding hydrogens is 226 g/mol. The third kappa shape index (κ3) is 3.57. The Bertz CT molecular complexity index is 415. The molecule has 1 atom stereocenters. The number of benzene rings is 1. The molecule has 18 heavy (non-hydrogen) atoms. The molecule has 1 aromatic rings. The van der Waals surface area contributed by atoms with Gasteiger partial charge in [-0.1, -0.05) is 19.9 Å². The third-order valence-corrected chi connectivity index (χ3v) is 3.58. The van der Waals surface area contributed by atoms with Gasteiger partial charge in [-0.2, -0.15) is 0 Å². The molecule has 0 fully saturated rings. The van der Waals surface area contributed by atoms with Crippen molar-refractivity contribution in [1.82, 2.24) is 4.90 Å². The highest BCUT2D eigenvalue weighted by atomic mass is 16.4. The molecule has 0 saturated heterocycles. The molecule has 0 radical (unpaired) electrons. The number of aryl methyl sites for hydroxylation is 1. The first kappa shape index (κ1) is 14.7. The van der Waals surface area contributed by atoms with Crippen molar-refractivity contribution in [3.8, 4) is 0 Å². The number of hydrogen-bond donors (Lipinski definition) is 1. The summed E-state index contributed by atoms with van der Waals surface area (Å²) in [5.41, 5.74) is 2.63. The Balaban J connectivity index is 2.87. The Morgan fingerprint density at radius 2 is 2.06 bits per heavy atom. The fourth-order valence-corrected chi connectivity index (χ4v) is 2.06. The Kier molecular flexibility index (Phi) is 5.35. The molecule has 100 valence electrons. The van der Waals surface area contributed by atoms with Crippen LogP contribution in [0.25, 0.3) is 0 Å². The minimum absolute atomic E-state index is 0.364. The van der Waals surface area contributed by atoms with Crippen LogP contribution in [0.3, 0.4) is 0 Å². The van der Waals surface area contributed by atoms with Gasteiger partial charge < -0.3 is 5.11 Å². The van der Waals surface area contributed by atoms with Gasteiger partial charge in [-0.15, -0.1) is 0 Å². The van der Waals surface area contributed by atoms with Gasteiger partial charge in [-0.3, -0.25) is 4.90 Å². The van der Waals surface area contributed by atoms with Crippen LogP contribution < -0.4 is 0 Å². The first-order valence-electron chi connectivity index (χ1n) is 6.56. The van der Waals surface area contributed by atoms with Crippen LogP contribution in [0.1, 0.15) is 48.7 Å². The number of hydrogen-bond acceptors (Lipinski definition) is 2. The zero-order valence-corrected chi connectivity index (χ0v) is 11.7. The molecule has 0 aliphatic heterocycles. The van der Waals surface area contributed by atoms with Gasteiger partial charge >= 0.3 is 5.97 Å². The molecule has 0 aromatic heterocycles. The van der Waals surface area contributed by atoms with Crippen LogP contribution in [-0.2, 0) is 6.54 Å². The van der Waals surface area contributed by atoms with Crippen LogP contribution in [0.2, 0.25) is 0 Å². The Morgan fingerprint density at radius 3 is 2.50 bits per heavy atom. The molecule has 0 saturated carbocycles. The Labute approximate surface area is 109 Å². The molecule has 0 amide bonds. The fourth-order valence-electron chi connectivity index (χ4n) is 2.06. The molecule has 1 rings (SSSR count). The van der Waals surface area contributed by atoms with Gasteiger partial charge in [0.1, 0.15) is 0 Å². The van der Waals surface area contributed by atoms with Crippen molar-refractivity contribution >= 4 is 5.97 Å². The highest BCUT2D eigenvalue weighted by molar-refractivity contribution is 5.87. The summed E-state index contributed by atoms with van der Waals surface area (Å²) in [4.78, 5) is 13.3. The van der Waals surface area contributed by atoms with Crippen LogP contribution >= 0.6 is 0 Å². The lowest BCUT2D eigenvalue weighted by atomic mass is 10.0. The zero-order chi connectivity index (χ0) is 13.7. The van der Waals surface area contributed by atoms with Gasteiger partial charge in [0.2, 0.25) is 0 Å². The van der Waals surface area contributed by atoms with Crippen molar-refractivity contribution in [3.63, 3.8) is 0 Å². The molecule has 0 bridgehead atoms. The van der Waals surface area contributed by atoms with E-state index in [4.69, 9.17) is 5.11 Å². The van der Waals surface area contributed by atoms with Crippen LogP contribution in [0.5, 0.6) is 0 Å². The van der Waals surface area contributed by atoms with Gasteiger partial charge in [0.05, 0.1) is 5.56 Å². The van der Waals surface area contributed by atoms with Gasteiger partial charge in [0, 0.05) is 12.6 Å². The minimum Gasteiger partial charge on any atom is -0.478 e. The summed E-state index contributed by atoms with van der Waals surface area (Å²) in [5, 5.41) is 8.94. The van der Waals surface area contributed by atoms with Crippen molar-refractivity contribution in [2.45, 2.75) is 46.7 Å². The van der Waals surface area contributed by atoms with E-state index in [1.54, 1.807) is 12.1 Å². The Morgan fingerprint density at radius 1 is 1.39 bits per heavy atom. The average Bonchev–Trinajstić information content (AvgIpc) is 2.36. The normalized spacial score (nSPS) is 12.7. The molecule has 0 heterocycles. The van der Waals surface area contributed by atoms with E-state index in [0.717, 1.165) is 25.1 Å². The highest BCUT2D eigenvalue weighted by Gasteiger charge is 2.12. The zero-order valence-electron chi connectivity index (χ0n) is 11.7. The largest absolute Gasteiger partial charge is 0.478 e. The fraction of sp³-hybridized carbons (Fsp3) is 0.533. The second-order valence-corrected chi connectivity index (χ2v) is 4.77. The predicted molar refractivity (Wildman–Crippen MR) is 74.0 cm³/mol. The van der Waals surface area contributed by atoms with Crippen molar-refractivity contribution in [1.29, 1.82) is 0 Å². The van der Waals surface area contributed by atoms with E-state index in [9.17, 15) is 4.79 Å². The lowest BCUT2D eigenvalue weighted by Crippen LogP contribution is -2.32. The summed E-state index contributed by atoms with van der Waals surface area (Å²) in [6, 6.07) is 5.93. The molecule has 0 aliphatic carbocycles. The van der Waals surface area contributed by atoms with Gasteiger partial charge in [-0.25, -0.2) is 4.79 Å². The van der Waals surface area contributed by atoms with Crippen LogP contribution in [0.15, 0.2) is 18.2 Å². The number of carboxylic acids is 1. The summed E-state index contributed by atoms with van der Waals surface area (Å²) in [5.74, 6) is -0.862. The highest BCUT2D eigenvalue weighted by Crippen LogP contribution is 2.16. The second-order valence-electron chi connectivity index (χ2n) is 4.77. The topological polar surface area (TPSA) is 40.5 Å². The summed E-state index contributed by atoms with van der Waals surface area (Å²) in [7, 11) is 0. The Hall–Kier alpha value is -1.35. The first-order chi connectivity index (χ1) is 8.49. The molecule has 1 unspecified atom stereocenters. The van der Waals surface area contributed by atoms with E-state index in [1.807, 2.05) is 13.0 Å². The molecule has 0 spiro atoms. The van der Waals surface area contributed by atoms with Crippen LogP contribution in [0.4, 0.5) is 0 Å². The number of carbonyl (C=O) groups is 1. The molecule has 1 N–H and O–H groups in total. The van der Waals surface area contributed by atoms with E-state index in [2.05, 4.69) is 25.7 Å². The number of carboxylic acid groups (broad SMARTS) is 1. The average molecular weight is 249 g/mol. The molecule has 3 nitrogen and oxygen atoms in total. The lowest BCUT2D eigenvalue weighted by Gasteiger charge is -2.27. The first-order valence-corrected chi connectivity index (χ1v) is 6.56. The van der Waals surface area contributed by atoms with E-state index in [-0.39, 0.29) is 0 Å². The number of aromatic carboxylic acids is 1. The van der Waals surface area contributed by atoms with Crippen molar-refractivity contribution in [2.24, 2.45) is 0 Å². The van der Waals surface area contributed by atoms with E-state index >= 15 is 0 Å². The van der Waals surface area contributed by atoms with Gasteiger partial charge in [-0.05, 0) is 50.1 Å². The number of nitrogens with zero attached hydrogens (tertiary/aromatic N) is 1. The van der Waals surface area contributed by atoms with Crippen molar-refractivity contribution in [3.05, 3.63) is 34.9 Å². The molecule has 0 aliphatic rings. The maximum atomic E-state index is 10.9. The smallest absolute Gasteiger partial charge is 0.335 e. The molecule has 3 heteroatoms. The summed E-state index contributed by atoms with van der Waals surface area (Å²) < 4.78 is 0. The maximum absolute atomic E-state index is 10.9. The SMILES string of the molecule is CCC(C)N(CC)Cc1ccc(C(=O)O)cc1C. The predicted octanol–water partition coefficient (Wildman–Crippen LogP) is 3.31. The van der Waals surface area contributed by atoms with Gasteiger partial charge in [0.25, 0.3) is 0 Å². The van der Waals surface area contributed by atoms with Crippen LogP contribution in [-0.4, -0.2) is 28.6 Å². The summed E-state index contributed by atoms with van der Waals surface area (Å²) in [6.45, 7) is 10.4. The van der Waals surface area contributed by atoms with Crippen LogP contribution in [0, 0.1) is 6.92 Å². The standard InChI is InChI=1S/C15H23NO2/c1-5-12(4)16(6-2)10-14-8-7-13(15(17)18)9-11(14)3/h7-9,12H,5-6,10H2,1-4H3,(H,17,18). The lowest BCUT2D eigenvalue weighted by molar-refractivity contribution is 0.0696. The van der Waals surface area contributed by atoms with Gasteiger partial charge in [0.15, 0.2) is 0 Å². The second kappa shape index (κ2) is 6.55. The molecule has 1 aromatic carbocycles. The third-order valence-electron chi connectivity index (χ3n) is 3.58. The maximum Gasteiger partial charge on any atom is 0.335 e. The van der Waals surface area contributed by atoms with E-state index in [1.165, 1.54) is 5.56 Å². The van der Waals surface area contributed by atoms with Crippen molar-refractivity contribution in [2.75, 3.05) is 6.54 Å². The summed E-state index contributed by atoms with van der Waals surface area (Å²) in [6.07, 6.45) is 1.13. The van der Waals surface area contributed by atoms with Crippen molar-refractivity contribution < 1.29 is 9.90 Å². The monoisotopic (exact) mass is 249 g/mol. The summed E-state index contributed by atoms with van der Waals surface area (Å²) >= 11 is 0. The molecular formula is C15H23NO2.